The number of benzene rings is 6. The third kappa shape index (κ3) is 3.76. The van der Waals surface area contributed by atoms with Gasteiger partial charge in [0.1, 0.15) is 0 Å². The maximum absolute atomic E-state index is 4.97. The molecule has 6 aromatic carbocycles. The van der Waals surface area contributed by atoms with E-state index in [1.165, 1.54) is 32.6 Å². The number of aromatic nitrogens is 5. The van der Waals surface area contributed by atoms with Crippen LogP contribution < -0.4 is 0 Å². The van der Waals surface area contributed by atoms with Gasteiger partial charge in [-0.3, -0.25) is 4.57 Å². The third-order valence-corrected chi connectivity index (χ3v) is 8.42. The summed E-state index contributed by atoms with van der Waals surface area (Å²) in [6.07, 6.45) is 2.07. The molecule has 9 rings (SSSR count). The highest BCUT2D eigenvalue weighted by Gasteiger charge is 2.18. The molecule has 0 amide bonds. The van der Waals surface area contributed by atoms with Crippen LogP contribution in [0.4, 0.5) is 0 Å². The molecule has 0 bridgehead atoms. The normalized spacial score (nSPS) is 11.6. The highest BCUT2D eigenvalue weighted by Crippen LogP contribution is 2.39. The van der Waals surface area contributed by atoms with Crippen molar-refractivity contribution in [3.63, 3.8) is 0 Å². The van der Waals surface area contributed by atoms with E-state index in [9.17, 15) is 0 Å². The van der Waals surface area contributed by atoms with Gasteiger partial charge >= 0.3 is 0 Å². The van der Waals surface area contributed by atoms with Crippen molar-refractivity contribution in [2.24, 2.45) is 0 Å². The van der Waals surface area contributed by atoms with Gasteiger partial charge in [-0.05, 0) is 35.7 Å². The SMILES string of the molecule is c1ccc(-c2nc(-c3ccccc3)nc(-n3ccc4c5ccc6c7ccccc7n(-c7ccccc7)c6c5ccc43)n2)cc1. The average Bonchev–Trinajstić information content (AvgIpc) is 3.69. The summed E-state index contributed by atoms with van der Waals surface area (Å²) in [5.41, 5.74) is 6.51. The van der Waals surface area contributed by atoms with E-state index in [1.807, 2.05) is 60.7 Å². The molecule has 0 fully saturated rings. The summed E-state index contributed by atoms with van der Waals surface area (Å²) < 4.78 is 4.46. The van der Waals surface area contributed by atoms with E-state index in [-0.39, 0.29) is 0 Å². The van der Waals surface area contributed by atoms with Gasteiger partial charge in [0.05, 0.1) is 16.6 Å². The lowest BCUT2D eigenvalue weighted by Crippen LogP contribution is -2.05. The Morgan fingerprint density at radius 2 is 0.932 bits per heavy atom. The molecule has 0 unspecified atom stereocenters. The van der Waals surface area contributed by atoms with Crippen molar-refractivity contribution >= 4 is 43.5 Å². The smallest absolute Gasteiger partial charge is 0.238 e. The van der Waals surface area contributed by atoms with E-state index in [0.29, 0.717) is 17.6 Å². The molecule has 0 N–H and O–H groups in total. The Hall–Kier alpha value is -6.07. The first-order valence-corrected chi connectivity index (χ1v) is 14.7. The van der Waals surface area contributed by atoms with Crippen molar-refractivity contribution in [2.45, 2.75) is 0 Å². The van der Waals surface area contributed by atoms with Gasteiger partial charge in [-0.1, -0.05) is 115 Å². The van der Waals surface area contributed by atoms with Crippen LogP contribution in [-0.4, -0.2) is 24.1 Å². The van der Waals surface area contributed by atoms with Crippen molar-refractivity contribution in [1.29, 1.82) is 0 Å². The van der Waals surface area contributed by atoms with Crippen LogP contribution in [0.5, 0.6) is 0 Å². The maximum atomic E-state index is 4.97. The predicted molar refractivity (Wildman–Crippen MR) is 179 cm³/mol. The van der Waals surface area contributed by atoms with Gasteiger partial charge in [-0.2, -0.15) is 9.97 Å². The first kappa shape index (κ1) is 24.5. The molecule has 3 heterocycles. The number of rotatable bonds is 4. The molecule has 206 valence electrons. The Labute approximate surface area is 253 Å². The first-order valence-electron chi connectivity index (χ1n) is 14.7. The summed E-state index contributed by atoms with van der Waals surface area (Å²) in [7, 11) is 0. The van der Waals surface area contributed by atoms with Crippen molar-refractivity contribution in [2.75, 3.05) is 0 Å². The van der Waals surface area contributed by atoms with Crippen LogP contribution in [0.2, 0.25) is 0 Å². The zero-order chi connectivity index (χ0) is 29.0. The highest BCUT2D eigenvalue weighted by atomic mass is 15.2. The summed E-state index contributed by atoms with van der Waals surface area (Å²) in [6.45, 7) is 0. The molecule has 0 atom stereocenters. The minimum absolute atomic E-state index is 0.589. The summed E-state index contributed by atoms with van der Waals surface area (Å²) in [4.78, 5) is 14.8. The number of fused-ring (bicyclic) bond motifs is 7. The molecule has 0 radical (unpaired) electrons. The zero-order valence-corrected chi connectivity index (χ0v) is 23.7. The second kappa shape index (κ2) is 9.75. The van der Waals surface area contributed by atoms with Gasteiger partial charge in [0.15, 0.2) is 11.6 Å². The highest BCUT2D eigenvalue weighted by molar-refractivity contribution is 6.22. The topological polar surface area (TPSA) is 48.5 Å². The molecule has 3 aromatic heterocycles. The van der Waals surface area contributed by atoms with Crippen LogP contribution in [0.1, 0.15) is 0 Å². The third-order valence-electron chi connectivity index (χ3n) is 8.42. The fourth-order valence-corrected chi connectivity index (χ4v) is 6.42. The average molecular weight is 564 g/mol. The fourth-order valence-electron chi connectivity index (χ4n) is 6.42. The molecule has 0 saturated heterocycles. The standard InChI is InChI=1S/C39H25N5/c1-4-12-26(13-5-1)37-40-38(27-14-6-2-7-15-27)42-39(41-37)43-25-24-31-29-20-21-33-30-18-10-11-19-35(30)44(28-16-8-3-9-17-28)36(33)32(29)22-23-34(31)43/h1-25H. The van der Waals surface area contributed by atoms with E-state index in [2.05, 4.69) is 100 Å². The molecular formula is C39H25N5. The number of para-hydroxylation sites is 2. The lowest BCUT2D eigenvalue weighted by Gasteiger charge is -2.11. The number of hydrogen-bond acceptors (Lipinski definition) is 3. The van der Waals surface area contributed by atoms with Crippen LogP contribution in [0, 0.1) is 0 Å². The molecule has 9 aromatic rings. The van der Waals surface area contributed by atoms with Gasteiger partial charge in [0, 0.05) is 44.6 Å². The van der Waals surface area contributed by atoms with Crippen LogP contribution in [0.3, 0.4) is 0 Å². The minimum Gasteiger partial charge on any atom is -0.309 e. The molecule has 0 saturated carbocycles. The lowest BCUT2D eigenvalue weighted by atomic mass is 10.0. The zero-order valence-electron chi connectivity index (χ0n) is 23.7. The molecule has 0 aliphatic carbocycles. The summed E-state index contributed by atoms with van der Waals surface area (Å²) in [5.74, 6) is 1.88. The summed E-state index contributed by atoms with van der Waals surface area (Å²) in [5, 5.41) is 6.04. The maximum Gasteiger partial charge on any atom is 0.238 e. The monoisotopic (exact) mass is 563 g/mol. The number of hydrogen-bond donors (Lipinski definition) is 0. The minimum atomic E-state index is 0.589. The van der Waals surface area contributed by atoms with Crippen LogP contribution in [-0.2, 0) is 0 Å². The van der Waals surface area contributed by atoms with Crippen molar-refractivity contribution in [3.8, 4) is 34.4 Å². The fraction of sp³-hybridized carbons (Fsp3) is 0. The van der Waals surface area contributed by atoms with Gasteiger partial charge in [0.25, 0.3) is 0 Å². The van der Waals surface area contributed by atoms with Gasteiger partial charge in [-0.25, -0.2) is 4.98 Å². The number of nitrogens with zero attached hydrogens (tertiary/aromatic N) is 5. The van der Waals surface area contributed by atoms with Gasteiger partial charge < -0.3 is 4.57 Å². The van der Waals surface area contributed by atoms with Gasteiger partial charge in [0.2, 0.25) is 5.95 Å². The van der Waals surface area contributed by atoms with Crippen LogP contribution >= 0.6 is 0 Å². The summed E-state index contributed by atoms with van der Waals surface area (Å²) >= 11 is 0. The first-order chi connectivity index (χ1) is 21.8. The quantitative estimate of drug-likeness (QED) is 0.214. The Morgan fingerprint density at radius 1 is 0.386 bits per heavy atom. The molecule has 0 spiro atoms. The molecule has 44 heavy (non-hydrogen) atoms. The van der Waals surface area contributed by atoms with E-state index >= 15 is 0 Å². The second-order valence-electron chi connectivity index (χ2n) is 10.9. The Bertz CT molecular complexity index is 2420. The van der Waals surface area contributed by atoms with E-state index in [4.69, 9.17) is 15.0 Å². The largest absolute Gasteiger partial charge is 0.309 e. The van der Waals surface area contributed by atoms with Gasteiger partial charge in [-0.15, -0.1) is 0 Å². The van der Waals surface area contributed by atoms with E-state index < -0.39 is 0 Å². The Kier molecular flexibility index (Phi) is 5.43. The Balaban J connectivity index is 1.30. The van der Waals surface area contributed by atoms with Crippen LogP contribution in [0.15, 0.2) is 152 Å². The lowest BCUT2D eigenvalue weighted by molar-refractivity contribution is 0.933. The molecule has 0 aliphatic rings. The van der Waals surface area contributed by atoms with Crippen molar-refractivity contribution < 1.29 is 0 Å². The molecule has 0 aliphatic heterocycles. The predicted octanol–water partition coefficient (Wildman–Crippen LogP) is 9.40. The van der Waals surface area contributed by atoms with Crippen molar-refractivity contribution in [1.82, 2.24) is 24.1 Å². The van der Waals surface area contributed by atoms with Crippen molar-refractivity contribution in [3.05, 3.63) is 152 Å². The van der Waals surface area contributed by atoms with E-state index in [0.717, 1.165) is 27.7 Å². The second-order valence-corrected chi connectivity index (χ2v) is 10.9. The van der Waals surface area contributed by atoms with Crippen LogP contribution in [0.25, 0.3) is 77.9 Å². The summed E-state index contributed by atoms with van der Waals surface area (Å²) in [6, 6.07) is 50.6. The molecular weight excluding hydrogens is 538 g/mol. The molecule has 5 nitrogen and oxygen atoms in total. The molecule has 5 heteroatoms. The van der Waals surface area contributed by atoms with E-state index in [1.54, 1.807) is 0 Å². The Morgan fingerprint density at radius 3 is 1.64 bits per heavy atom.